The number of nitrogens with zero attached hydrogens (tertiary/aromatic N) is 1. The van der Waals surface area contributed by atoms with Crippen LogP contribution in [0.25, 0.3) is 0 Å². The second kappa shape index (κ2) is 6.81. The maximum atomic E-state index is 12.5. The molecule has 5 nitrogen and oxygen atoms in total. The van der Waals surface area contributed by atoms with Crippen molar-refractivity contribution in [3.8, 4) is 0 Å². The Morgan fingerprint density at radius 1 is 1.38 bits per heavy atom. The van der Waals surface area contributed by atoms with Crippen LogP contribution in [0.15, 0.2) is 29.2 Å². The molecule has 1 heterocycles. The van der Waals surface area contributed by atoms with Gasteiger partial charge in [0, 0.05) is 24.1 Å². The van der Waals surface area contributed by atoms with Crippen LogP contribution in [0, 0.1) is 0 Å². The zero-order chi connectivity index (χ0) is 15.5. The number of carbonyl (C=O) groups is 1. The van der Waals surface area contributed by atoms with E-state index in [0.29, 0.717) is 18.3 Å². The molecule has 0 amide bonds. The average Bonchev–Trinajstić information content (AvgIpc) is 2.47. The van der Waals surface area contributed by atoms with Gasteiger partial charge in [-0.1, -0.05) is 19.1 Å². The Morgan fingerprint density at radius 2 is 2.05 bits per heavy atom. The van der Waals surface area contributed by atoms with Gasteiger partial charge in [-0.3, -0.25) is 4.79 Å². The topological polar surface area (TPSA) is 63.7 Å². The number of sulfonamides is 1. The number of thioether (sulfide) groups is 1. The fourth-order valence-corrected chi connectivity index (χ4v) is 4.93. The zero-order valence-electron chi connectivity index (χ0n) is 12.1. The van der Waals surface area contributed by atoms with Crippen molar-refractivity contribution in [1.82, 2.24) is 4.31 Å². The Bertz CT molecular complexity index is 598. The zero-order valence-corrected chi connectivity index (χ0v) is 13.7. The molecule has 0 aliphatic carbocycles. The molecule has 0 aromatic heterocycles. The molecule has 1 saturated heterocycles. The molecule has 7 heteroatoms. The van der Waals surface area contributed by atoms with Crippen LogP contribution < -0.4 is 0 Å². The first-order chi connectivity index (χ1) is 9.93. The third-order valence-electron chi connectivity index (χ3n) is 3.34. The van der Waals surface area contributed by atoms with Crippen molar-refractivity contribution in [2.45, 2.75) is 23.5 Å². The molecule has 2 rings (SSSR count). The maximum absolute atomic E-state index is 12.5. The molecule has 1 aliphatic heterocycles. The Hall–Kier alpha value is -1.05. The minimum Gasteiger partial charge on any atom is -0.469 e. The molecule has 0 saturated carbocycles. The van der Waals surface area contributed by atoms with Gasteiger partial charge in [-0.05, 0) is 17.7 Å². The summed E-state index contributed by atoms with van der Waals surface area (Å²) < 4.78 is 31.2. The number of hydrogen-bond donors (Lipinski definition) is 0. The van der Waals surface area contributed by atoms with Crippen LogP contribution in [0.4, 0.5) is 0 Å². The molecule has 116 valence electrons. The summed E-state index contributed by atoms with van der Waals surface area (Å²) in [6.07, 6.45) is 0.147. The monoisotopic (exact) mass is 329 g/mol. The quantitative estimate of drug-likeness (QED) is 0.784. The normalized spacial score (nSPS) is 20.2. The van der Waals surface area contributed by atoms with Gasteiger partial charge >= 0.3 is 5.97 Å². The van der Waals surface area contributed by atoms with Crippen molar-refractivity contribution in [2.75, 3.05) is 26.0 Å². The Kier molecular flexibility index (Phi) is 5.29. The van der Waals surface area contributed by atoms with E-state index in [2.05, 4.69) is 4.74 Å². The summed E-state index contributed by atoms with van der Waals surface area (Å²) in [5.41, 5.74) is 0.739. The second-order valence-electron chi connectivity index (χ2n) is 4.94. The predicted octanol–water partition coefficient (Wildman–Crippen LogP) is 1.53. The largest absolute Gasteiger partial charge is 0.469 e. The van der Waals surface area contributed by atoms with Gasteiger partial charge < -0.3 is 4.74 Å². The van der Waals surface area contributed by atoms with E-state index in [1.54, 1.807) is 36.0 Å². The fraction of sp³-hybridized carbons (Fsp3) is 0.500. The molecule has 0 N–H and O–H groups in total. The first-order valence-corrected chi connectivity index (χ1v) is 9.20. The van der Waals surface area contributed by atoms with Gasteiger partial charge in [-0.15, -0.1) is 0 Å². The lowest BCUT2D eigenvalue weighted by molar-refractivity contribution is -0.139. The molecule has 21 heavy (non-hydrogen) atoms. The number of carbonyl (C=O) groups excluding carboxylic acids is 1. The van der Waals surface area contributed by atoms with Crippen molar-refractivity contribution >= 4 is 27.8 Å². The van der Waals surface area contributed by atoms with Crippen molar-refractivity contribution in [3.05, 3.63) is 29.8 Å². The van der Waals surface area contributed by atoms with Gasteiger partial charge in [-0.25, -0.2) is 8.42 Å². The highest BCUT2D eigenvalue weighted by molar-refractivity contribution is 8.00. The highest BCUT2D eigenvalue weighted by Gasteiger charge is 2.28. The summed E-state index contributed by atoms with van der Waals surface area (Å²) in [4.78, 5) is 11.5. The van der Waals surface area contributed by atoms with E-state index in [4.69, 9.17) is 0 Å². The van der Waals surface area contributed by atoms with Crippen molar-refractivity contribution in [2.24, 2.45) is 0 Å². The van der Waals surface area contributed by atoms with E-state index in [1.807, 2.05) is 6.92 Å². The van der Waals surface area contributed by atoms with E-state index in [1.165, 1.54) is 11.4 Å². The van der Waals surface area contributed by atoms with Crippen molar-refractivity contribution in [3.63, 3.8) is 0 Å². The summed E-state index contributed by atoms with van der Waals surface area (Å²) in [6.45, 7) is 3.12. The van der Waals surface area contributed by atoms with E-state index in [0.717, 1.165) is 11.3 Å². The number of rotatable bonds is 4. The van der Waals surface area contributed by atoms with Crippen LogP contribution in [-0.4, -0.2) is 49.9 Å². The molecule has 0 spiro atoms. The minimum absolute atomic E-state index is 0.147. The molecule has 1 aromatic carbocycles. The molecule has 0 radical (unpaired) electrons. The standard InChI is InChI=1S/C14H19NO4S2/c1-11-10-15(7-8-20-11)21(17,18)13-5-3-12(4-6-13)9-14(16)19-2/h3-6,11H,7-10H2,1-2H3. The third kappa shape index (κ3) is 3.99. The number of esters is 1. The van der Waals surface area contributed by atoms with E-state index >= 15 is 0 Å². The first kappa shape index (κ1) is 16.3. The summed E-state index contributed by atoms with van der Waals surface area (Å²) in [5, 5.41) is 0.312. The third-order valence-corrected chi connectivity index (χ3v) is 6.36. The molecule has 1 fully saturated rings. The number of ether oxygens (including phenoxy) is 1. The van der Waals surface area contributed by atoms with Gasteiger partial charge in [0.05, 0.1) is 18.4 Å². The van der Waals surface area contributed by atoms with Crippen LogP contribution in [-0.2, 0) is 26.0 Å². The molecule has 1 aliphatic rings. The van der Waals surface area contributed by atoms with Gasteiger partial charge in [0.2, 0.25) is 10.0 Å². The Morgan fingerprint density at radius 3 is 2.62 bits per heavy atom. The highest BCUT2D eigenvalue weighted by Crippen LogP contribution is 2.24. The van der Waals surface area contributed by atoms with Gasteiger partial charge in [-0.2, -0.15) is 16.1 Å². The molecule has 1 aromatic rings. The Balaban J connectivity index is 2.15. The van der Waals surface area contributed by atoms with E-state index in [-0.39, 0.29) is 17.3 Å². The van der Waals surface area contributed by atoms with Crippen molar-refractivity contribution in [1.29, 1.82) is 0 Å². The lowest BCUT2D eigenvalue weighted by Gasteiger charge is -2.29. The van der Waals surface area contributed by atoms with Gasteiger partial charge in [0.15, 0.2) is 0 Å². The summed E-state index contributed by atoms with van der Waals surface area (Å²) in [6, 6.07) is 6.43. The summed E-state index contributed by atoms with van der Waals surface area (Å²) in [5.74, 6) is 0.480. The second-order valence-corrected chi connectivity index (χ2v) is 8.43. The highest BCUT2D eigenvalue weighted by atomic mass is 32.2. The lowest BCUT2D eigenvalue weighted by atomic mass is 10.2. The van der Waals surface area contributed by atoms with Gasteiger partial charge in [0.1, 0.15) is 0 Å². The molecular weight excluding hydrogens is 310 g/mol. The minimum atomic E-state index is -3.44. The molecule has 1 atom stereocenters. The van der Waals surface area contributed by atoms with Crippen LogP contribution >= 0.6 is 11.8 Å². The molecule has 1 unspecified atom stereocenters. The number of benzene rings is 1. The molecule has 0 bridgehead atoms. The fourth-order valence-electron chi connectivity index (χ4n) is 2.17. The van der Waals surface area contributed by atoms with Crippen molar-refractivity contribution < 1.29 is 17.9 Å². The smallest absolute Gasteiger partial charge is 0.309 e. The van der Waals surface area contributed by atoms with Crippen LogP contribution in [0.2, 0.25) is 0 Å². The van der Waals surface area contributed by atoms with Crippen LogP contribution in [0.1, 0.15) is 12.5 Å². The maximum Gasteiger partial charge on any atom is 0.309 e. The van der Waals surface area contributed by atoms with Crippen LogP contribution in [0.3, 0.4) is 0 Å². The predicted molar refractivity (Wildman–Crippen MR) is 82.8 cm³/mol. The number of hydrogen-bond acceptors (Lipinski definition) is 5. The number of methoxy groups -OCH3 is 1. The van der Waals surface area contributed by atoms with Gasteiger partial charge in [0.25, 0.3) is 0 Å². The average molecular weight is 329 g/mol. The van der Waals surface area contributed by atoms with Crippen LogP contribution in [0.5, 0.6) is 0 Å². The van der Waals surface area contributed by atoms with E-state index in [9.17, 15) is 13.2 Å². The lowest BCUT2D eigenvalue weighted by Crippen LogP contribution is -2.40. The molecular formula is C14H19NO4S2. The first-order valence-electron chi connectivity index (χ1n) is 6.71. The SMILES string of the molecule is COC(=O)Cc1ccc(S(=O)(=O)N2CCSC(C)C2)cc1. The Labute approximate surface area is 129 Å². The summed E-state index contributed by atoms with van der Waals surface area (Å²) >= 11 is 1.79. The van der Waals surface area contributed by atoms with E-state index < -0.39 is 10.0 Å². The summed E-state index contributed by atoms with van der Waals surface area (Å²) in [7, 11) is -2.11.